The third-order valence-corrected chi connectivity index (χ3v) is 6.34. The van der Waals surface area contributed by atoms with Crippen LogP contribution in [-0.2, 0) is 4.79 Å². The van der Waals surface area contributed by atoms with Crippen molar-refractivity contribution >= 4 is 5.78 Å². The Morgan fingerprint density at radius 2 is 1.94 bits per heavy atom. The Kier molecular flexibility index (Phi) is 2.91. The van der Waals surface area contributed by atoms with Crippen molar-refractivity contribution in [2.24, 2.45) is 23.2 Å². The smallest absolute Gasteiger partial charge is 0.139 e. The fourth-order valence-corrected chi connectivity index (χ4v) is 5.35. The summed E-state index contributed by atoms with van der Waals surface area (Å²) in [6.45, 7) is 6.79. The maximum atomic E-state index is 12.6. The van der Waals surface area contributed by atoms with E-state index >= 15 is 0 Å². The zero-order chi connectivity index (χ0) is 12.9. The van der Waals surface area contributed by atoms with E-state index in [0.717, 1.165) is 12.8 Å². The van der Waals surface area contributed by atoms with Gasteiger partial charge >= 0.3 is 0 Å². The molecule has 3 rings (SSSR count). The molecule has 0 radical (unpaired) electrons. The molecule has 18 heavy (non-hydrogen) atoms. The Hall–Kier alpha value is -0.590. The summed E-state index contributed by atoms with van der Waals surface area (Å²) in [6, 6.07) is 0. The summed E-state index contributed by atoms with van der Waals surface area (Å²) in [4.78, 5) is 12.6. The second kappa shape index (κ2) is 4.21. The van der Waals surface area contributed by atoms with Gasteiger partial charge in [0.05, 0.1) is 0 Å². The van der Waals surface area contributed by atoms with Gasteiger partial charge in [0.25, 0.3) is 0 Å². The molecule has 0 aromatic rings. The summed E-state index contributed by atoms with van der Waals surface area (Å²) in [5, 5.41) is 0. The summed E-state index contributed by atoms with van der Waals surface area (Å²) in [5.41, 5.74) is 3.19. The summed E-state index contributed by atoms with van der Waals surface area (Å²) in [6.07, 6.45) is 8.43. The van der Waals surface area contributed by atoms with E-state index in [1.165, 1.54) is 37.7 Å². The van der Waals surface area contributed by atoms with Crippen LogP contribution in [0.4, 0.5) is 0 Å². The van der Waals surface area contributed by atoms with Crippen molar-refractivity contribution in [2.45, 2.75) is 65.7 Å². The predicted octanol–water partition coefficient (Wildman–Crippen LogP) is 4.52. The monoisotopic (exact) mass is 246 g/mol. The lowest BCUT2D eigenvalue weighted by molar-refractivity contribution is -0.135. The van der Waals surface area contributed by atoms with Crippen LogP contribution in [0.5, 0.6) is 0 Å². The first kappa shape index (κ1) is 12.4. The molecule has 0 aliphatic heterocycles. The fraction of sp³-hybridized carbons (Fsp3) is 0.824. The molecule has 100 valence electrons. The molecule has 0 unspecified atom stereocenters. The zero-order valence-corrected chi connectivity index (χ0v) is 12.1. The summed E-state index contributed by atoms with van der Waals surface area (Å²) >= 11 is 0. The van der Waals surface area contributed by atoms with Gasteiger partial charge in [-0.1, -0.05) is 17.6 Å². The minimum absolute atomic E-state index is 0.125. The highest BCUT2D eigenvalue weighted by Gasteiger charge is 2.61. The maximum absolute atomic E-state index is 12.6. The first-order chi connectivity index (χ1) is 8.57. The number of carbonyl (C=O) groups is 1. The predicted molar refractivity (Wildman–Crippen MR) is 74.3 cm³/mol. The van der Waals surface area contributed by atoms with E-state index in [4.69, 9.17) is 0 Å². The molecule has 4 atom stereocenters. The maximum Gasteiger partial charge on any atom is 0.139 e. The van der Waals surface area contributed by atoms with Crippen LogP contribution >= 0.6 is 0 Å². The van der Waals surface area contributed by atoms with Gasteiger partial charge in [0.15, 0.2) is 0 Å². The van der Waals surface area contributed by atoms with Gasteiger partial charge in [-0.15, -0.1) is 0 Å². The average Bonchev–Trinajstić information content (AvgIpc) is 2.86. The summed E-state index contributed by atoms with van der Waals surface area (Å²) in [5.74, 6) is 2.74. The topological polar surface area (TPSA) is 17.1 Å². The molecule has 3 saturated carbocycles. The van der Waals surface area contributed by atoms with Crippen LogP contribution in [0.3, 0.4) is 0 Å². The molecular weight excluding hydrogens is 220 g/mol. The molecule has 0 amide bonds. The molecule has 3 aliphatic carbocycles. The highest BCUT2D eigenvalue weighted by Crippen LogP contribution is 2.65. The van der Waals surface area contributed by atoms with Crippen molar-refractivity contribution in [3.8, 4) is 0 Å². The Morgan fingerprint density at radius 1 is 1.17 bits per heavy atom. The standard InChI is InChI=1S/C17H26O/c1-11(2)12(3)14-10-13-6-4-8-16(18)17(13)9-5-7-15(14)17/h13-15H,4-10H2,1-3H3/t13-,14-,15-,17-/m1/s1. The van der Waals surface area contributed by atoms with Crippen molar-refractivity contribution in [2.75, 3.05) is 0 Å². The van der Waals surface area contributed by atoms with E-state index in [0.29, 0.717) is 23.5 Å². The van der Waals surface area contributed by atoms with Gasteiger partial charge in [-0.25, -0.2) is 0 Å². The molecule has 3 fully saturated rings. The third kappa shape index (κ3) is 1.49. The van der Waals surface area contributed by atoms with Crippen LogP contribution in [0.15, 0.2) is 11.1 Å². The lowest BCUT2D eigenvalue weighted by Crippen LogP contribution is -2.40. The van der Waals surface area contributed by atoms with Crippen LogP contribution in [0.2, 0.25) is 0 Å². The number of hydrogen-bond acceptors (Lipinski definition) is 1. The van der Waals surface area contributed by atoms with E-state index in [1.807, 2.05) is 0 Å². The number of rotatable bonds is 1. The largest absolute Gasteiger partial charge is 0.299 e. The van der Waals surface area contributed by atoms with Gasteiger partial charge in [-0.05, 0) is 70.6 Å². The SMILES string of the molecule is CC(C)=C(C)[C@H]1C[C@H]2CCCC(=O)[C@]23CCC[C@H]13. The number of ketones is 1. The second-order valence-corrected chi connectivity index (χ2v) is 7.08. The molecular formula is C17H26O. The minimum Gasteiger partial charge on any atom is -0.299 e. The number of allylic oxidation sites excluding steroid dienone is 2. The van der Waals surface area contributed by atoms with E-state index in [1.54, 1.807) is 5.57 Å². The fourth-order valence-electron chi connectivity index (χ4n) is 5.35. The lowest BCUT2D eigenvalue weighted by Gasteiger charge is -2.38. The highest BCUT2D eigenvalue weighted by atomic mass is 16.1. The van der Waals surface area contributed by atoms with Crippen molar-refractivity contribution < 1.29 is 4.79 Å². The Bertz CT molecular complexity index is 402. The van der Waals surface area contributed by atoms with E-state index < -0.39 is 0 Å². The number of Topliss-reactive ketones (excluding diaryl/α,β-unsaturated/α-hetero) is 1. The molecule has 0 N–H and O–H groups in total. The molecule has 1 nitrogen and oxygen atoms in total. The second-order valence-electron chi connectivity index (χ2n) is 7.08. The quantitative estimate of drug-likeness (QED) is 0.622. The van der Waals surface area contributed by atoms with Gasteiger partial charge in [-0.3, -0.25) is 4.79 Å². The molecule has 0 heterocycles. The molecule has 3 aliphatic rings. The molecule has 0 saturated heterocycles. The van der Waals surface area contributed by atoms with Crippen molar-refractivity contribution in [1.29, 1.82) is 0 Å². The first-order valence-corrected chi connectivity index (χ1v) is 7.74. The first-order valence-electron chi connectivity index (χ1n) is 7.74. The van der Waals surface area contributed by atoms with Crippen molar-refractivity contribution in [1.82, 2.24) is 0 Å². The van der Waals surface area contributed by atoms with Gasteiger partial charge in [0.1, 0.15) is 5.78 Å². The number of carbonyl (C=O) groups excluding carboxylic acids is 1. The third-order valence-electron chi connectivity index (χ3n) is 6.34. The van der Waals surface area contributed by atoms with Crippen LogP contribution in [0.1, 0.15) is 65.7 Å². The Labute approximate surface area is 111 Å². The molecule has 1 heteroatoms. The molecule has 0 aromatic carbocycles. The summed E-state index contributed by atoms with van der Waals surface area (Å²) < 4.78 is 0. The van der Waals surface area contributed by atoms with Crippen LogP contribution < -0.4 is 0 Å². The highest BCUT2D eigenvalue weighted by molar-refractivity contribution is 5.87. The zero-order valence-electron chi connectivity index (χ0n) is 12.1. The Morgan fingerprint density at radius 3 is 2.67 bits per heavy atom. The van der Waals surface area contributed by atoms with Gasteiger partial charge < -0.3 is 0 Å². The molecule has 0 bridgehead atoms. The minimum atomic E-state index is 0.125. The normalized spacial score (nSPS) is 42.6. The Balaban J connectivity index is 2.00. The van der Waals surface area contributed by atoms with E-state index in [2.05, 4.69) is 20.8 Å². The molecule has 0 aromatic heterocycles. The van der Waals surface area contributed by atoms with Crippen LogP contribution in [0, 0.1) is 23.2 Å². The van der Waals surface area contributed by atoms with Gasteiger partial charge in [0, 0.05) is 11.8 Å². The van der Waals surface area contributed by atoms with Gasteiger partial charge in [0.2, 0.25) is 0 Å². The van der Waals surface area contributed by atoms with E-state index in [-0.39, 0.29) is 5.41 Å². The molecule has 1 spiro atoms. The average molecular weight is 246 g/mol. The van der Waals surface area contributed by atoms with E-state index in [9.17, 15) is 4.79 Å². The summed E-state index contributed by atoms with van der Waals surface area (Å²) in [7, 11) is 0. The lowest BCUT2D eigenvalue weighted by atomic mass is 9.64. The van der Waals surface area contributed by atoms with Crippen LogP contribution in [-0.4, -0.2) is 5.78 Å². The van der Waals surface area contributed by atoms with Gasteiger partial charge in [-0.2, -0.15) is 0 Å². The number of hydrogen-bond donors (Lipinski definition) is 0. The van der Waals surface area contributed by atoms with Crippen molar-refractivity contribution in [3.63, 3.8) is 0 Å². The van der Waals surface area contributed by atoms with Crippen LogP contribution in [0.25, 0.3) is 0 Å². The van der Waals surface area contributed by atoms with Crippen molar-refractivity contribution in [3.05, 3.63) is 11.1 Å².